The van der Waals surface area contributed by atoms with Crippen molar-refractivity contribution >= 4 is 11.6 Å². The summed E-state index contributed by atoms with van der Waals surface area (Å²) in [5, 5.41) is 9.49. The summed E-state index contributed by atoms with van der Waals surface area (Å²) in [6, 6.07) is 18.4. The van der Waals surface area contributed by atoms with Gasteiger partial charge in [-0.2, -0.15) is 5.26 Å². The maximum Gasteiger partial charge on any atom is 0.101 e. The van der Waals surface area contributed by atoms with Crippen molar-refractivity contribution < 1.29 is 0 Å². The fourth-order valence-corrected chi connectivity index (χ4v) is 2.87. The first kappa shape index (κ1) is 15.8. The van der Waals surface area contributed by atoms with E-state index in [0.29, 0.717) is 11.3 Å². The minimum absolute atomic E-state index is 0.569. The zero-order valence-corrected chi connectivity index (χ0v) is 14.1. The Morgan fingerprint density at radius 3 is 2.46 bits per heavy atom. The standard InChI is InChI=1S/C21H19N3/c1-15-7-9-20(10-8-15)24-16(2)12-18(17(24)3)13-19(14-22)21-6-4-5-11-23-21/h4-13H,1-3H3. The van der Waals surface area contributed by atoms with Gasteiger partial charge in [-0.1, -0.05) is 23.8 Å². The number of benzene rings is 1. The molecule has 3 rings (SSSR count). The molecule has 0 aliphatic rings. The predicted molar refractivity (Wildman–Crippen MR) is 97.7 cm³/mol. The van der Waals surface area contributed by atoms with Gasteiger partial charge < -0.3 is 4.57 Å². The fourth-order valence-electron chi connectivity index (χ4n) is 2.87. The Morgan fingerprint density at radius 2 is 1.83 bits per heavy atom. The van der Waals surface area contributed by atoms with Crippen LogP contribution in [0.25, 0.3) is 17.3 Å². The third-order valence-corrected chi connectivity index (χ3v) is 4.12. The molecule has 0 aliphatic heterocycles. The highest BCUT2D eigenvalue weighted by Gasteiger charge is 2.11. The van der Waals surface area contributed by atoms with Crippen LogP contribution in [-0.2, 0) is 0 Å². The molecule has 3 heteroatoms. The second kappa shape index (κ2) is 6.55. The van der Waals surface area contributed by atoms with E-state index in [1.807, 2.05) is 24.3 Å². The molecule has 0 atom stereocenters. The summed E-state index contributed by atoms with van der Waals surface area (Å²) < 4.78 is 2.21. The molecule has 0 N–H and O–H groups in total. The molecule has 0 bridgehead atoms. The molecule has 0 aliphatic carbocycles. The summed E-state index contributed by atoms with van der Waals surface area (Å²) in [6.45, 7) is 6.24. The zero-order chi connectivity index (χ0) is 17.1. The number of aromatic nitrogens is 2. The molecule has 0 saturated carbocycles. The van der Waals surface area contributed by atoms with Gasteiger partial charge in [0.1, 0.15) is 6.07 Å². The van der Waals surface area contributed by atoms with E-state index in [1.54, 1.807) is 6.20 Å². The van der Waals surface area contributed by atoms with Crippen LogP contribution in [0.1, 0.15) is 28.2 Å². The minimum Gasteiger partial charge on any atom is -0.318 e. The van der Waals surface area contributed by atoms with Gasteiger partial charge in [-0.3, -0.25) is 4.98 Å². The van der Waals surface area contributed by atoms with Gasteiger partial charge >= 0.3 is 0 Å². The number of allylic oxidation sites excluding steroid dienone is 1. The van der Waals surface area contributed by atoms with E-state index in [2.05, 4.69) is 66.7 Å². The average molecular weight is 313 g/mol. The smallest absolute Gasteiger partial charge is 0.101 e. The number of rotatable bonds is 3. The molecule has 0 unspecified atom stereocenters. The highest BCUT2D eigenvalue weighted by molar-refractivity contribution is 5.88. The largest absolute Gasteiger partial charge is 0.318 e. The van der Waals surface area contributed by atoms with Crippen LogP contribution >= 0.6 is 0 Å². The molecule has 3 aromatic rings. The van der Waals surface area contributed by atoms with Gasteiger partial charge in [0.15, 0.2) is 0 Å². The molecule has 2 heterocycles. The Morgan fingerprint density at radius 1 is 1.08 bits per heavy atom. The molecule has 0 radical (unpaired) electrons. The normalized spacial score (nSPS) is 11.3. The van der Waals surface area contributed by atoms with Gasteiger partial charge in [0.2, 0.25) is 0 Å². The third kappa shape index (κ3) is 3.00. The highest BCUT2D eigenvalue weighted by atomic mass is 15.0. The lowest BCUT2D eigenvalue weighted by Crippen LogP contribution is -1.99. The second-order valence-corrected chi connectivity index (χ2v) is 5.88. The molecule has 118 valence electrons. The van der Waals surface area contributed by atoms with Crippen LogP contribution in [0.2, 0.25) is 0 Å². The van der Waals surface area contributed by atoms with E-state index in [1.165, 1.54) is 5.56 Å². The van der Waals surface area contributed by atoms with Crippen molar-refractivity contribution in [2.45, 2.75) is 20.8 Å². The summed E-state index contributed by atoms with van der Waals surface area (Å²) in [7, 11) is 0. The van der Waals surface area contributed by atoms with Crippen LogP contribution in [0.4, 0.5) is 0 Å². The number of aryl methyl sites for hydroxylation is 2. The van der Waals surface area contributed by atoms with Crippen molar-refractivity contribution in [2.75, 3.05) is 0 Å². The summed E-state index contributed by atoms with van der Waals surface area (Å²) in [6.07, 6.45) is 3.62. The average Bonchev–Trinajstić information content (AvgIpc) is 2.88. The van der Waals surface area contributed by atoms with Gasteiger partial charge in [0.05, 0.1) is 11.3 Å². The Hall–Kier alpha value is -3.12. The van der Waals surface area contributed by atoms with Crippen molar-refractivity contribution in [3.05, 3.63) is 82.9 Å². The quantitative estimate of drug-likeness (QED) is 0.648. The molecule has 0 amide bonds. The van der Waals surface area contributed by atoms with Crippen molar-refractivity contribution in [3.8, 4) is 11.8 Å². The van der Waals surface area contributed by atoms with Crippen LogP contribution in [0.15, 0.2) is 54.7 Å². The first-order valence-corrected chi connectivity index (χ1v) is 7.89. The van der Waals surface area contributed by atoms with Gasteiger partial charge in [-0.15, -0.1) is 0 Å². The number of nitrogens with zero attached hydrogens (tertiary/aromatic N) is 3. The van der Waals surface area contributed by atoms with E-state index >= 15 is 0 Å². The fraction of sp³-hybridized carbons (Fsp3) is 0.143. The van der Waals surface area contributed by atoms with Gasteiger partial charge in [-0.05, 0) is 62.7 Å². The lowest BCUT2D eigenvalue weighted by molar-refractivity contribution is 0.963. The van der Waals surface area contributed by atoms with E-state index in [9.17, 15) is 5.26 Å². The zero-order valence-electron chi connectivity index (χ0n) is 14.1. The van der Waals surface area contributed by atoms with Crippen molar-refractivity contribution in [2.24, 2.45) is 0 Å². The summed E-state index contributed by atoms with van der Waals surface area (Å²) in [4.78, 5) is 4.28. The van der Waals surface area contributed by atoms with Crippen LogP contribution < -0.4 is 0 Å². The lowest BCUT2D eigenvalue weighted by Gasteiger charge is -2.10. The third-order valence-electron chi connectivity index (χ3n) is 4.12. The molecular weight excluding hydrogens is 294 g/mol. The van der Waals surface area contributed by atoms with Crippen LogP contribution in [-0.4, -0.2) is 9.55 Å². The van der Waals surface area contributed by atoms with Gasteiger partial charge in [0, 0.05) is 23.3 Å². The second-order valence-electron chi connectivity index (χ2n) is 5.88. The first-order valence-electron chi connectivity index (χ1n) is 7.89. The summed E-state index contributed by atoms with van der Waals surface area (Å²) in [5.41, 5.74) is 6.92. The van der Waals surface area contributed by atoms with Crippen LogP contribution in [0, 0.1) is 32.1 Å². The van der Waals surface area contributed by atoms with E-state index < -0.39 is 0 Å². The number of hydrogen-bond acceptors (Lipinski definition) is 2. The Kier molecular flexibility index (Phi) is 4.31. The lowest BCUT2D eigenvalue weighted by atomic mass is 10.1. The maximum atomic E-state index is 9.49. The number of nitriles is 1. The SMILES string of the molecule is Cc1ccc(-n2c(C)cc(C=C(C#N)c3ccccn3)c2C)cc1. The molecular formula is C21H19N3. The Labute approximate surface area is 142 Å². The summed E-state index contributed by atoms with van der Waals surface area (Å²) >= 11 is 0. The first-order chi connectivity index (χ1) is 11.6. The number of pyridine rings is 1. The monoisotopic (exact) mass is 313 g/mol. The highest BCUT2D eigenvalue weighted by Crippen LogP contribution is 2.24. The number of hydrogen-bond donors (Lipinski definition) is 0. The molecule has 24 heavy (non-hydrogen) atoms. The van der Waals surface area contributed by atoms with Gasteiger partial charge in [-0.25, -0.2) is 0 Å². The van der Waals surface area contributed by atoms with E-state index in [4.69, 9.17) is 0 Å². The maximum absolute atomic E-state index is 9.49. The molecule has 0 saturated heterocycles. The minimum atomic E-state index is 0.569. The topological polar surface area (TPSA) is 41.6 Å². The Balaban J connectivity index is 2.08. The van der Waals surface area contributed by atoms with Crippen LogP contribution in [0.5, 0.6) is 0 Å². The van der Waals surface area contributed by atoms with E-state index in [-0.39, 0.29) is 0 Å². The Bertz CT molecular complexity index is 924. The summed E-state index contributed by atoms with van der Waals surface area (Å²) in [5.74, 6) is 0. The van der Waals surface area contributed by atoms with E-state index in [0.717, 1.165) is 22.6 Å². The van der Waals surface area contributed by atoms with Gasteiger partial charge in [0.25, 0.3) is 0 Å². The van der Waals surface area contributed by atoms with Crippen molar-refractivity contribution in [1.29, 1.82) is 5.26 Å². The molecule has 2 aromatic heterocycles. The molecule has 3 nitrogen and oxygen atoms in total. The van der Waals surface area contributed by atoms with Crippen molar-refractivity contribution in [3.63, 3.8) is 0 Å². The predicted octanol–water partition coefficient (Wildman–Crippen LogP) is 4.86. The van der Waals surface area contributed by atoms with Crippen LogP contribution in [0.3, 0.4) is 0 Å². The molecule has 1 aromatic carbocycles. The molecule has 0 fully saturated rings. The van der Waals surface area contributed by atoms with Crippen molar-refractivity contribution in [1.82, 2.24) is 9.55 Å². The molecule has 0 spiro atoms.